The van der Waals surface area contributed by atoms with Crippen molar-refractivity contribution in [1.29, 1.82) is 0 Å². The first kappa shape index (κ1) is 20.6. The molecule has 0 unspecified atom stereocenters. The normalized spacial score (nSPS) is 20.9. The van der Waals surface area contributed by atoms with Crippen LogP contribution in [0.15, 0.2) is 24.3 Å². The summed E-state index contributed by atoms with van der Waals surface area (Å²) >= 11 is 0. The van der Waals surface area contributed by atoms with Crippen molar-refractivity contribution >= 4 is 17.5 Å². The summed E-state index contributed by atoms with van der Waals surface area (Å²) < 4.78 is 0. The molecule has 6 nitrogen and oxygen atoms in total. The van der Waals surface area contributed by atoms with Crippen molar-refractivity contribution in [3.63, 3.8) is 0 Å². The molecule has 0 spiro atoms. The number of carbonyl (C=O) groups is 2. The second-order valence-electron chi connectivity index (χ2n) is 8.12. The fourth-order valence-electron chi connectivity index (χ4n) is 4.19. The van der Waals surface area contributed by atoms with E-state index >= 15 is 0 Å². The van der Waals surface area contributed by atoms with Crippen LogP contribution in [0, 0.1) is 12.8 Å². The summed E-state index contributed by atoms with van der Waals surface area (Å²) in [6.07, 6.45) is 2.78. The van der Waals surface area contributed by atoms with Gasteiger partial charge < -0.3 is 15.1 Å². The lowest BCUT2D eigenvalue weighted by atomic mass is 9.97. The first-order valence-corrected chi connectivity index (χ1v) is 10.6. The van der Waals surface area contributed by atoms with E-state index in [2.05, 4.69) is 46.3 Å². The first-order chi connectivity index (χ1) is 13.5. The molecule has 2 aliphatic rings. The molecule has 6 heteroatoms. The van der Waals surface area contributed by atoms with E-state index in [4.69, 9.17) is 0 Å². The predicted molar refractivity (Wildman–Crippen MR) is 112 cm³/mol. The minimum atomic E-state index is -0.0458. The molecule has 2 heterocycles. The molecule has 154 valence electrons. The standard InChI is InChI=1S/C22H34N4O2/c1-18-6-3-8-21(16-18)25-14-12-24(13-15-25)10-5-9-23-22(28)20-7-4-11-26(17-20)19(2)27/h3,6,8,16,20H,4-5,7,9-15,17H2,1-2H3,(H,23,28)/t20-/m0/s1. The Bertz CT molecular complexity index is 670. The summed E-state index contributed by atoms with van der Waals surface area (Å²) in [6, 6.07) is 8.71. The highest BCUT2D eigenvalue weighted by molar-refractivity contribution is 5.80. The van der Waals surface area contributed by atoms with E-state index in [0.717, 1.165) is 58.5 Å². The van der Waals surface area contributed by atoms with Gasteiger partial charge in [0.1, 0.15) is 0 Å². The lowest BCUT2D eigenvalue weighted by Crippen LogP contribution is -2.47. The number of benzene rings is 1. The molecular formula is C22H34N4O2. The zero-order valence-corrected chi connectivity index (χ0v) is 17.3. The minimum absolute atomic E-state index is 0.0458. The van der Waals surface area contributed by atoms with Gasteiger partial charge in [0, 0.05) is 58.4 Å². The minimum Gasteiger partial charge on any atom is -0.369 e. The third kappa shape index (κ3) is 5.71. The van der Waals surface area contributed by atoms with E-state index in [1.54, 1.807) is 11.8 Å². The van der Waals surface area contributed by atoms with E-state index in [9.17, 15) is 9.59 Å². The summed E-state index contributed by atoms with van der Waals surface area (Å²) in [5.74, 6) is 0.132. The molecule has 0 bridgehead atoms. The van der Waals surface area contributed by atoms with Gasteiger partial charge in [-0.3, -0.25) is 14.5 Å². The van der Waals surface area contributed by atoms with Gasteiger partial charge in [-0.25, -0.2) is 0 Å². The average molecular weight is 387 g/mol. The van der Waals surface area contributed by atoms with Gasteiger partial charge in [0.2, 0.25) is 11.8 Å². The topological polar surface area (TPSA) is 55.9 Å². The number of anilines is 1. The SMILES string of the molecule is CC(=O)N1CCC[C@H](C(=O)NCCCN2CCN(c3cccc(C)c3)CC2)C1. The van der Waals surface area contributed by atoms with E-state index < -0.39 is 0 Å². The predicted octanol–water partition coefficient (Wildman–Crippen LogP) is 1.88. The molecule has 0 saturated carbocycles. The van der Waals surface area contributed by atoms with E-state index in [1.807, 2.05) is 0 Å². The highest BCUT2D eigenvalue weighted by Crippen LogP contribution is 2.18. The van der Waals surface area contributed by atoms with Crippen molar-refractivity contribution in [2.75, 3.05) is 57.3 Å². The largest absolute Gasteiger partial charge is 0.369 e. The molecule has 1 atom stereocenters. The van der Waals surface area contributed by atoms with Crippen LogP contribution in [-0.2, 0) is 9.59 Å². The van der Waals surface area contributed by atoms with Gasteiger partial charge in [-0.2, -0.15) is 0 Å². The molecule has 2 aliphatic heterocycles. The number of likely N-dealkylation sites (tertiary alicyclic amines) is 1. The van der Waals surface area contributed by atoms with Gasteiger partial charge in [-0.05, 0) is 50.4 Å². The Balaban J connectivity index is 1.32. The average Bonchev–Trinajstić information content (AvgIpc) is 2.71. The maximum Gasteiger partial charge on any atom is 0.224 e. The van der Waals surface area contributed by atoms with E-state index in [1.165, 1.54) is 11.3 Å². The van der Waals surface area contributed by atoms with Crippen molar-refractivity contribution in [2.45, 2.75) is 33.1 Å². The summed E-state index contributed by atoms with van der Waals surface area (Å²) in [4.78, 5) is 30.6. The molecular weight excluding hydrogens is 352 g/mol. The van der Waals surface area contributed by atoms with Gasteiger partial charge in [0.25, 0.3) is 0 Å². The molecule has 1 aromatic carbocycles. The number of nitrogens with zero attached hydrogens (tertiary/aromatic N) is 3. The Labute approximate surface area is 168 Å². The second kappa shape index (κ2) is 9.92. The van der Waals surface area contributed by atoms with Crippen LogP contribution < -0.4 is 10.2 Å². The molecule has 0 aromatic heterocycles. The van der Waals surface area contributed by atoms with Gasteiger partial charge in [-0.15, -0.1) is 0 Å². The zero-order valence-electron chi connectivity index (χ0n) is 17.3. The Kier molecular flexibility index (Phi) is 7.31. The molecule has 2 saturated heterocycles. The van der Waals surface area contributed by atoms with Crippen LogP contribution in [0.25, 0.3) is 0 Å². The third-order valence-electron chi connectivity index (χ3n) is 5.93. The van der Waals surface area contributed by atoms with Crippen molar-refractivity contribution in [1.82, 2.24) is 15.1 Å². The lowest BCUT2D eigenvalue weighted by molar-refractivity contribution is -0.133. The quantitative estimate of drug-likeness (QED) is 0.759. The molecule has 2 amide bonds. The van der Waals surface area contributed by atoms with E-state index in [-0.39, 0.29) is 17.7 Å². The second-order valence-corrected chi connectivity index (χ2v) is 8.12. The number of aryl methyl sites for hydroxylation is 1. The summed E-state index contributed by atoms with van der Waals surface area (Å²) in [6.45, 7) is 11.1. The number of carbonyl (C=O) groups excluding carboxylic acids is 2. The maximum atomic E-state index is 12.4. The molecule has 0 radical (unpaired) electrons. The summed E-state index contributed by atoms with van der Waals surface area (Å²) in [7, 11) is 0. The lowest BCUT2D eigenvalue weighted by Gasteiger charge is -2.36. The smallest absolute Gasteiger partial charge is 0.224 e. The van der Waals surface area contributed by atoms with Crippen LogP contribution in [0.3, 0.4) is 0 Å². The Morgan fingerprint density at radius 3 is 2.64 bits per heavy atom. The number of hydrogen-bond donors (Lipinski definition) is 1. The monoisotopic (exact) mass is 386 g/mol. The third-order valence-corrected chi connectivity index (χ3v) is 5.93. The fourth-order valence-corrected chi connectivity index (χ4v) is 4.19. The number of piperidine rings is 1. The van der Waals surface area contributed by atoms with Gasteiger partial charge in [0.05, 0.1) is 5.92 Å². The Morgan fingerprint density at radius 2 is 1.93 bits per heavy atom. The molecule has 0 aliphatic carbocycles. The van der Waals surface area contributed by atoms with Gasteiger partial charge >= 0.3 is 0 Å². The maximum absolute atomic E-state index is 12.4. The van der Waals surface area contributed by atoms with Crippen LogP contribution >= 0.6 is 0 Å². The number of amides is 2. The van der Waals surface area contributed by atoms with Crippen LogP contribution in [-0.4, -0.2) is 74.0 Å². The van der Waals surface area contributed by atoms with Gasteiger partial charge in [-0.1, -0.05) is 12.1 Å². The van der Waals surface area contributed by atoms with Gasteiger partial charge in [0.15, 0.2) is 0 Å². The van der Waals surface area contributed by atoms with Crippen LogP contribution in [0.1, 0.15) is 31.7 Å². The zero-order chi connectivity index (χ0) is 19.9. The van der Waals surface area contributed by atoms with Crippen molar-refractivity contribution in [3.8, 4) is 0 Å². The fraction of sp³-hybridized carbons (Fsp3) is 0.636. The van der Waals surface area contributed by atoms with Crippen LogP contribution in [0.2, 0.25) is 0 Å². The molecule has 1 N–H and O–H groups in total. The molecule has 3 rings (SSSR count). The Morgan fingerprint density at radius 1 is 1.14 bits per heavy atom. The number of piperazine rings is 1. The molecule has 1 aromatic rings. The number of nitrogens with one attached hydrogen (secondary N) is 1. The van der Waals surface area contributed by atoms with Crippen molar-refractivity contribution < 1.29 is 9.59 Å². The number of hydrogen-bond acceptors (Lipinski definition) is 4. The Hall–Kier alpha value is -2.08. The highest BCUT2D eigenvalue weighted by atomic mass is 16.2. The van der Waals surface area contributed by atoms with Crippen LogP contribution in [0.4, 0.5) is 5.69 Å². The highest BCUT2D eigenvalue weighted by Gasteiger charge is 2.26. The van der Waals surface area contributed by atoms with E-state index in [0.29, 0.717) is 13.1 Å². The summed E-state index contributed by atoms with van der Waals surface area (Å²) in [5.41, 5.74) is 2.62. The molecule has 2 fully saturated rings. The van der Waals surface area contributed by atoms with Crippen molar-refractivity contribution in [2.24, 2.45) is 5.92 Å². The summed E-state index contributed by atoms with van der Waals surface area (Å²) in [5, 5.41) is 3.08. The first-order valence-electron chi connectivity index (χ1n) is 10.6. The van der Waals surface area contributed by atoms with Crippen molar-refractivity contribution in [3.05, 3.63) is 29.8 Å². The molecule has 28 heavy (non-hydrogen) atoms. The number of rotatable bonds is 6. The van der Waals surface area contributed by atoms with Crippen LogP contribution in [0.5, 0.6) is 0 Å².